The third-order valence-corrected chi connectivity index (χ3v) is 4.91. The summed E-state index contributed by atoms with van der Waals surface area (Å²) in [4.78, 5) is 25.9. The van der Waals surface area contributed by atoms with Gasteiger partial charge in [-0.15, -0.1) is 11.3 Å². The number of nitrogens with zero attached hydrogens (tertiary/aromatic N) is 3. The van der Waals surface area contributed by atoms with Crippen LogP contribution in [0.3, 0.4) is 0 Å². The molecular weight excluding hydrogens is 351 g/mol. The van der Waals surface area contributed by atoms with E-state index < -0.39 is 0 Å². The summed E-state index contributed by atoms with van der Waals surface area (Å²) in [5.74, 6) is -0.234. The smallest absolute Gasteiger partial charge is 0.180 e. The van der Waals surface area contributed by atoms with Crippen LogP contribution in [0.15, 0.2) is 46.9 Å². The molecule has 0 saturated carbocycles. The van der Waals surface area contributed by atoms with E-state index in [-0.39, 0.29) is 18.0 Å². The van der Waals surface area contributed by atoms with E-state index in [9.17, 15) is 9.18 Å². The monoisotopic (exact) mass is 366 g/mol. The van der Waals surface area contributed by atoms with Gasteiger partial charge in [-0.2, -0.15) is 0 Å². The number of fused-ring (bicyclic) bond motifs is 1. The molecule has 0 unspecified atom stereocenters. The van der Waals surface area contributed by atoms with E-state index in [0.717, 1.165) is 11.3 Å². The normalized spacial score (nSPS) is 13.4. The predicted molar refractivity (Wildman–Crippen MR) is 101 cm³/mol. The van der Waals surface area contributed by atoms with E-state index in [1.54, 1.807) is 24.4 Å². The van der Waals surface area contributed by atoms with Gasteiger partial charge in [0.05, 0.1) is 0 Å². The highest BCUT2D eigenvalue weighted by atomic mass is 32.1. The summed E-state index contributed by atoms with van der Waals surface area (Å²) in [6.45, 7) is 0. The number of rotatable bonds is 4. The maximum Gasteiger partial charge on any atom is 0.180 e. The summed E-state index contributed by atoms with van der Waals surface area (Å²) in [5.41, 5.74) is 9.84. The number of halogens is 1. The Morgan fingerprint density at radius 2 is 1.96 bits per heavy atom. The zero-order chi connectivity index (χ0) is 18.1. The minimum atomic E-state index is -0.258. The number of pyridine rings is 1. The number of anilines is 1. The van der Waals surface area contributed by atoms with Crippen molar-refractivity contribution in [2.75, 3.05) is 5.73 Å². The molecule has 1 aromatic carbocycles. The van der Waals surface area contributed by atoms with E-state index in [1.807, 2.05) is 5.38 Å². The molecule has 0 aliphatic carbocycles. The lowest BCUT2D eigenvalue weighted by molar-refractivity contribution is 0.0999. The lowest BCUT2D eigenvalue weighted by atomic mass is 9.96. The quantitative estimate of drug-likeness (QED) is 0.750. The molecule has 0 spiro atoms. The Morgan fingerprint density at radius 3 is 2.69 bits per heavy atom. The van der Waals surface area contributed by atoms with Gasteiger partial charge in [0.2, 0.25) is 0 Å². The Bertz CT molecular complexity index is 1010. The fraction of sp³-hybridized carbons (Fsp3) is 0.158. The maximum absolute atomic E-state index is 13.0. The Kier molecular flexibility index (Phi) is 4.30. The number of hydrogen-bond donors (Lipinski definition) is 1. The number of nitrogen functional groups attached to an aromatic ring is 1. The topological polar surface area (TPSA) is 81.2 Å². The van der Waals surface area contributed by atoms with Crippen LogP contribution in [0.2, 0.25) is 0 Å². The number of nitrogens with two attached hydrogens (primary N) is 1. The van der Waals surface area contributed by atoms with Crippen LogP contribution in [-0.2, 0) is 6.42 Å². The maximum atomic E-state index is 13.0. The number of carbonyl (C=O) groups is 1. The average molecular weight is 366 g/mol. The van der Waals surface area contributed by atoms with Crippen LogP contribution in [-0.4, -0.2) is 21.5 Å². The highest BCUT2D eigenvalue weighted by molar-refractivity contribution is 7.13. The number of benzene rings is 1. The van der Waals surface area contributed by atoms with Gasteiger partial charge in [-0.3, -0.25) is 14.8 Å². The molecular formula is C19H15FN4OS. The molecule has 3 aromatic rings. The van der Waals surface area contributed by atoms with Gasteiger partial charge in [0.15, 0.2) is 10.9 Å². The molecule has 1 aliphatic rings. The van der Waals surface area contributed by atoms with Gasteiger partial charge in [0, 0.05) is 29.3 Å². The van der Waals surface area contributed by atoms with Crippen molar-refractivity contribution in [3.63, 3.8) is 0 Å². The lowest BCUT2D eigenvalue weighted by Gasteiger charge is -2.16. The molecule has 1 aliphatic heterocycles. The first kappa shape index (κ1) is 16.5. The summed E-state index contributed by atoms with van der Waals surface area (Å²) in [6, 6.07) is 8.07. The third-order valence-electron chi connectivity index (χ3n) is 4.24. The summed E-state index contributed by atoms with van der Waals surface area (Å²) in [5, 5.41) is 2.26. The molecule has 0 atom stereocenters. The largest absolute Gasteiger partial charge is 0.375 e. The fourth-order valence-corrected chi connectivity index (χ4v) is 3.49. The summed E-state index contributed by atoms with van der Waals surface area (Å²) < 4.78 is 13.0. The molecule has 26 heavy (non-hydrogen) atoms. The van der Waals surface area contributed by atoms with Crippen LogP contribution in [0.4, 0.5) is 15.2 Å². The zero-order valence-corrected chi connectivity index (χ0v) is 14.6. The Labute approximate surface area is 153 Å². The van der Waals surface area contributed by atoms with Gasteiger partial charge >= 0.3 is 0 Å². The number of ketones is 1. The van der Waals surface area contributed by atoms with Gasteiger partial charge in [0.1, 0.15) is 22.9 Å². The first-order valence-electron chi connectivity index (χ1n) is 8.14. The number of aryl methyl sites for hydroxylation is 1. The van der Waals surface area contributed by atoms with Gasteiger partial charge in [-0.1, -0.05) is 12.1 Å². The minimum absolute atomic E-state index is 0.0240. The Balaban J connectivity index is 1.65. The summed E-state index contributed by atoms with van der Waals surface area (Å²) >= 11 is 1.32. The van der Waals surface area contributed by atoms with Crippen molar-refractivity contribution in [3.8, 4) is 11.4 Å². The van der Waals surface area contributed by atoms with E-state index in [0.29, 0.717) is 40.6 Å². The molecule has 5 nitrogen and oxygen atoms in total. The van der Waals surface area contributed by atoms with E-state index in [2.05, 4.69) is 9.97 Å². The Morgan fingerprint density at radius 1 is 1.15 bits per heavy atom. The van der Waals surface area contributed by atoms with Crippen LogP contribution in [0.1, 0.15) is 28.8 Å². The zero-order valence-electron chi connectivity index (χ0n) is 13.8. The van der Waals surface area contributed by atoms with Crippen LogP contribution in [0.5, 0.6) is 0 Å². The van der Waals surface area contributed by atoms with Gasteiger partial charge in [0.25, 0.3) is 0 Å². The van der Waals surface area contributed by atoms with Crippen LogP contribution in [0, 0.1) is 5.82 Å². The lowest BCUT2D eigenvalue weighted by Crippen LogP contribution is -2.15. The first-order valence-corrected chi connectivity index (χ1v) is 9.02. The van der Waals surface area contributed by atoms with Gasteiger partial charge < -0.3 is 5.73 Å². The third kappa shape index (κ3) is 3.25. The molecule has 0 amide bonds. The van der Waals surface area contributed by atoms with E-state index in [4.69, 9.17) is 10.7 Å². The van der Waals surface area contributed by atoms with Crippen molar-refractivity contribution < 1.29 is 9.18 Å². The van der Waals surface area contributed by atoms with Crippen LogP contribution in [0.25, 0.3) is 11.4 Å². The second-order valence-electron chi connectivity index (χ2n) is 6.03. The number of carbonyl (C=O) groups excluding carboxylic acids is 1. The van der Waals surface area contributed by atoms with Gasteiger partial charge in [-0.05, 0) is 36.6 Å². The number of hydrogen-bond acceptors (Lipinski definition) is 6. The molecule has 130 valence electrons. The molecule has 0 fully saturated rings. The number of aliphatic imine (C=N–C) groups is 1. The molecule has 4 rings (SSSR count). The van der Waals surface area contributed by atoms with E-state index >= 15 is 0 Å². The molecule has 3 heterocycles. The molecule has 7 heteroatoms. The molecule has 2 aromatic heterocycles. The average Bonchev–Trinajstić information content (AvgIpc) is 3.07. The fourth-order valence-electron chi connectivity index (χ4n) is 2.94. The van der Waals surface area contributed by atoms with Crippen molar-refractivity contribution in [2.45, 2.75) is 19.3 Å². The van der Waals surface area contributed by atoms with Crippen molar-refractivity contribution in [2.24, 2.45) is 4.99 Å². The van der Waals surface area contributed by atoms with Gasteiger partial charge in [-0.25, -0.2) is 9.37 Å². The number of Topliss-reactive ketones (excluding diaryl/α,β-unsaturated/α-hetero) is 1. The number of thiazole rings is 1. The second-order valence-corrected chi connectivity index (χ2v) is 6.92. The van der Waals surface area contributed by atoms with Crippen LogP contribution >= 0.6 is 11.3 Å². The summed E-state index contributed by atoms with van der Waals surface area (Å²) in [6.07, 6.45) is 3.21. The van der Waals surface area contributed by atoms with Crippen molar-refractivity contribution in [3.05, 3.63) is 58.9 Å². The molecule has 2 N–H and O–H groups in total. The van der Waals surface area contributed by atoms with Crippen molar-refractivity contribution in [1.82, 2.24) is 9.97 Å². The van der Waals surface area contributed by atoms with Crippen LogP contribution < -0.4 is 5.73 Å². The molecule has 0 radical (unpaired) electrons. The van der Waals surface area contributed by atoms with Crippen molar-refractivity contribution >= 4 is 33.7 Å². The van der Waals surface area contributed by atoms with Crippen molar-refractivity contribution in [1.29, 1.82) is 0 Å². The molecule has 0 saturated heterocycles. The second kappa shape index (κ2) is 6.76. The minimum Gasteiger partial charge on any atom is -0.375 e. The highest BCUT2D eigenvalue weighted by Gasteiger charge is 2.24. The summed E-state index contributed by atoms with van der Waals surface area (Å²) in [7, 11) is 0. The molecule has 0 bridgehead atoms. The number of aromatic nitrogens is 2. The standard InChI is InChI=1S/C19H15FN4OS/c20-12-4-1-11(2-5-12)3-6-13-9-16(25)14-7-8-22-18(17(14)23-13)15-10-26-19(21)24-15/h1-2,4-5,7-8,10H,3,6,9H2,(H2,21,24). The predicted octanol–water partition coefficient (Wildman–Crippen LogP) is 4.22. The Hall–Kier alpha value is -2.93. The highest BCUT2D eigenvalue weighted by Crippen LogP contribution is 2.36. The van der Waals surface area contributed by atoms with E-state index in [1.165, 1.54) is 23.5 Å². The first-order chi connectivity index (χ1) is 12.6. The SMILES string of the molecule is Nc1nc(-c2nccc3c2N=C(CCc2ccc(F)cc2)CC3=O)cs1.